The lowest BCUT2D eigenvalue weighted by molar-refractivity contribution is -0.418. The third kappa shape index (κ3) is 2.37. The number of Topliss-reactive ketones (excluding diaryl/α,β-unsaturated/α-hetero) is 1. The van der Waals surface area contributed by atoms with Crippen molar-refractivity contribution in [3.63, 3.8) is 0 Å². The number of aliphatic carboxylic acids is 1. The number of hydrogen-bond acceptors (Lipinski definition) is 7. The van der Waals surface area contributed by atoms with Crippen LogP contribution in [0.25, 0.3) is 0 Å². The highest BCUT2D eigenvalue weighted by atomic mass is 16.6. The highest BCUT2D eigenvalue weighted by Gasteiger charge is 2.37. The van der Waals surface area contributed by atoms with Gasteiger partial charge in [-0.25, -0.2) is 5.06 Å². The van der Waals surface area contributed by atoms with Gasteiger partial charge in [0.05, 0.1) is 16.2 Å². The quantitative estimate of drug-likeness (QED) is 0.446. The van der Waals surface area contributed by atoms with E-state index in [1.807, 2.05) is 0 Å². The molecule has 0 aromatic carbocycles. The van der Waals surface area contributed by atoms with E-state index in [1.54, 1.807) is 13.8 Å². The minimum atomic E-state index is -1.17. The summed E-state index contributed by atoms with van der Waals surface area (Å²) in [5, 5.41) is 30.6. The first-order chi connectivity index (χ1) is 10.3. The van der Waals surface area contributed by atoms with E-state index in [0.29, 0.717) is 16.5 Å². The second-order valence-corrected chi connectivity index (χ2v) is 4.70. The Morgan fingerprint density at radius 3 is 2.55 bits per heavy atom. The van der Waals surface area contributed by atoms with Gasteiger partial charge in [0.15, 0.2) is 5.82 Å². The molecule has 22 heavy (non-hydrogen) atoms. The molecule has 0 aromatic rings. The highest BCUT2D eigenvalue weighted by Crippen LogP contribution is 2.34. The number of carboxylic acids is 1. The first-order valence-corrected chi connectivity index (χ1v) is 6.23. The predicted octanol–water partition coefficient (Wildman–Crippen LogP) is 0.840. The minimum absolute atomic E-state index is 0.105. The van der Waals surface area contributed by atoms with Crippen molar-refractivity contribution in [2.24, 2.45) is 0 Å². The van der Waals surface area contributed by atoms with Gasteiger partial charge < -0.3 is 10.0 Å². The van der Waals surface area contributed by atoms with Crippen molar-refractivity contribution in [3.05, 3.63) is 56.8 Å². The van der Waals surface area contributed by atoms with Gasteiger partial charge in [-0.3, -0.25) is 24.9 Å². The van der Waals surface area contributed by atoms with Gasteiger partial charge in [0, 0.05) is 11.8 Å². The molecule has 0 fully saturated rings. The number of ketones is 1. The van der Waals surface area contributed by atoms with Crippen LogP contribution in [-0.4, -0.2) is 43.5 Å². The molecule has 2 N–H and O–H groups in total. The van der Waals surface area contributed by atoms with Crippen LogP contribution in [0.15, 0.2) is 46.7 Å². The lowest BCUT2D eigenvalue weighted by atomic mass is 10.0. The fraction of sp³-hybridized carbons (Fsp3) is 0.231. The summed E-state index contributed by atoms with van der Waals surface area (Å²) in [5.74, 6) is -2.16. The Hall–Kier alpha value is -2.94. The molecule has 0 saturated carbocycles. The lowest BCUT2D eigenvalue weighted by Gasteiger charge is -2.24. The van der Waals surface area contributed by atoms with Gasteiger partial charge in [-0.1, -0.05) is 6.08 Å². The number of carbonyl (C=O) groups excluding carboxylic acids is 1. The van der Waals surface area contributed by atoms with E-state index in [2.05, 4.69) is 0 Å². The Morgan fingerprint density at radius 2 is 2.00 bits per heavy atom. The Bertz CT molecular complexity index is 701. The van der Waals surface area contributed by atoms with Crippen molar-refractivity contribution >= 4 is 11.8 Å². The number of hydroxylamine groups is 2. The number of nitro groups is 1. The monoisotopic (exact) mass is 307 g/mol. The maximum absolute atomic E-state index is 12.2. The number of hydrogen-bond donors (Lipinski definition) is 2. The molecule has 1 aliphatic heterocycles. The van der Waals surface area contributed by atoms with Crippen molar-refractivity contribution in [1.29, 1.82) is 0 Å². The number of carboxylic acid groups (broad SMARTS) is 1. The van der Waals surface area contributed by atoms with E-state index in [9.17, 15) is 24.9 Å². The Balaban J connectivity index is 2.56. The number of rotatable bonds is 3. The fourth-order valence-electron chi connectivity index (χ4n) is 2.21. The van der Waals surface area contributed by atoms with Crippen molar-refractivity contribution in [2.45, 2.75) is 13.8 Å². The van der Waals surface area contributed by atoms with Crippen molar-refractivity contribution in [1.82, 2.24) is 9.96 Å². The molecule has 0 aromatic heterocycles. The van der Waals surface area contributed by atoms with E-state index >= 15 is 0 Å². The van der Waals surface area contributed by atoms with Crippen molar-refractivity contribution in [2.75, 3.05) is 6.54 Å². The third-order valence-corrected chi connectivity index (χ3v) is 3.43. The molecular formula is C13H13N3O6. The topological polar surface area (TPSA) is 124 Å². The van der Waals surface area contributed by atoms with Gasteiger partial charge in [-0.05, 0) is 19.9 Å². The first-order valence-electron chi connectivity index (χ1n) is 6.23. The molecule has 1 aliphatic carbocycles. The Labute approximate surface area is 124 Å². The second kappa shape index (κ2) is 5.45. The van der Waals surface area contributed by atoms with Gasteiger partial charge in [0.25, 0.3) is 5.78 Å². The van der Waals surface area contributed by atoms with Crippen LogP contribution in [0.5, 0.6) is 0 Å². The summed E-state index contributed by atoms with van der Waals surface area (Å²) in [7, 11) is 0. The standard InChI is InChI=1S/C13H13N3O6/c1-7-8(2)15(20)13(14(7)6-11(17)18)9-4-3-5-10(12(9)19)16(21)22/h3-5,20H,6H2,1-2H3,(H,17,18)/b13-9+. The van der Waals surface area contributed by atoms with Crippen LogP contribution in [0.3, 0.4) is 0 Å². The fourth-order valence-corrected chi connectivity index (χ4v) is 2.21. The summed E-state index contributed by atoms with van der Waals surface area (Å²) in [6, 6.07) is 0. The molecule has 9 nitrogen and oxygen atoms in total. The maximum atomic E-state index is 12.2. The molecule has 0 radical (unpaired) electrons. The molecular weight excluding hydrogens is 294 g/mol. The van der Waals surface area contributed by atoms with Crippen LogP contribution >= 0.6 is 0 Å². The van der Waals surface area contributed by atoms with Crippen LogP contribution in [0, 0.1) is 10.1 Å². The van der Waals surface area contributed by atoms with Crippen LogP contribution in [-0.2, 0) is 9.59 Å². The summed E-state index contributed by atoms with van der Waals surface area (Å²) in [6.45, 7) is 2.63. The molecule has 0 bridgehead atoms. The minimum Gasteiger partial charge on any atom is -0.480 e. The first kappa shape index (κ1) is 15.4. The average molecular weight is 307 g/mol. The molecule has 0 spiro atoms. The van der Waals surface area contributed by atoms with Crippen LogP contribution in [0.1, 0.15) is 13.8 Å². The Morgan fingerprint density at radius 1 is 1.36 bits per heavy atom. The zero-order valence-electron chi connectivity index (χ0n) is 11.8. The number of carbonyl (C=O) groups is 2. The van der Waals surface area contributed by atoms with Gasteiger partial charge >= 0.3 is 11.7 Å². The van der Waals surface area contributed by atoms with Gasteiger partial charge in [-0.15, -0.1) is 0 Å². The summed E-state index contributed by atoms with van der Waals surface area (Å²) >= 11 is 0. The average Bonchev–Trinajstić information content (AvgIpc) is 2.63. The van der Waals surface area contributed by atoms with Gasteiger partial charge in [0.1, 0.15) is 6.54 Å². The summed E-state index contributed by atoms with van der Waals surface area (Å²) < 4.78 is 0. The maximum Gasteiger partial charge on any atom is 0.323 e. The van der Waals surface area contributed by atoms with Crippen LogP contribution < -0.4 is 0 Å². The largest absolute Gasteiger partial charge is 0.480 e. The SMILES string of the molecule is CC1=C(C)N(CC(=O)O)/C(=C2/C=CC=C([N+](=O)[O-])C2=O)N1O. The molecule has 0 unspecified atom stereocenters. The van der Waals surface area contributed by atoms with Crippen molar-refractivity contribution in [3.8, 4) is 0 Å². The molecule has 2 aliphatic rings. The van der Waals surface area contributed by atoms with E-state index < -0.39 is 28.9 Å². The number of nitrogens with zero attached hydrogens (tertiary/aromatic N) is 3. The lowest BCUT2D eigenvalue weighted by Crippen LogP contribution is -2.31. The van der Waals surface area contributed by atoms with E-state index in [1.165, 1.54) is 17.1 Å². The molecule has 1 heterocycles. The summed E-state index contributed by atoms with van der Waals surface area (Å²) in [6.07, 6.45) is 3.66. The van der Waals surface area contributed by atoms with Crippen LogP contribution in [0.2, 0.25) is 0 Å². The van der Waals surface area contributed by atoms with Crippen LogP contribution in [0.4, 0.5) is 0 Å². The molecule has 9 heteroatoms. The van der Waals surface area contributed by atoms with E-state index in [4.69, 9.17) is 5.11 Å². The molecule has 0 amide bonds. The predicted molar refractivity (Wildman–Crippen MR) is 72.6 cm³/mol. The van der Waals surface area contributed by atoms with Gasteiger partial charge in [-0.2, -0.15) is 0 Å². The van der Waals surface area contributed by atoms with Gasteiger partial charge in [0.2, 0.25) is 0 Å². The molecule has 0 saturated heterocycles. The smallest absolute Gasteiger partial charge is 0.323 e. The summed E-state index contributed by atoms with van der Waals surface area (Å²) in [5.41, 5.74) is -0.0157. The molecule has 2 rings (SSSR count). The summed E-state index contributed by atoms with van der Waals surface area (Å²) in [4.78, 5) is 34.4. The Kier molecular flexibility index (Phi) is 3.83. The number of allylic oxidation sites excluding steroid dienone is 6. The van der Waals surface area contributed by atoms with E-state index in [-0.39, 0.29) is 11.4 Å². The third-order valence-electron chi connectivity index (χ3n) is 3.43. The normalized spacial score (nSPS) is 21.6. The zero-order valence-corrected chi connectivity index (χ0v) is 11.8. The van der Waals surface area contributed by atoms with Crippen molar-refractivity contribution < 1.29 is 24.8 Å². The zero-order chi connectivity index (χ0) is 16.6. The molecule has 116 valence electrons. The molecule has 0 atom stereocenters. The highest BCUT2D eigenvalue weighted by molar-refractivity contribution is 6.10. The second-order valence-electron chi connectivity index (χ2n) is 4.70. The van der Waals surface area contributed by atoms with E-state index in [0.717, 1.165) is 6.08 Å².